The highest BCUT2D eigenvalue weighted by Crippen LogP contribution is 2.18. The van der Waals surface area contributed by atoms with Crippen molar-refractivity contribution in [1.29, 1.82) is 0 Å². The van der Waals surface area contributed by atoms with Crippen LogP contribution in [0.5, 0.6) is 5.75 Å². The van der Waals surface area contributed by atoms with Crippen molar-refractivity contribution in [2.45, 2.75) is 32.7 Å². The first-order valence-corrected chi connectivity index (χ1v) is 9.81. The van der Waals surface area contributed by atoms with Crippen LogP contribution in [0.3, 0.4) is 0 Å². The van der Waals surface area contributed by atoms with E-state index in [1.807, 2.05) is 36.1 Å². The summed E-state index contributed by atoms with van der Waals surface area (Å²) in [6, 6.07) is 7.69. The molecule has 1 aliphatic heterocycles. The van der Waals surface area contributed by atoms with Crippen molar-refractivity contribution >= 4 is 18.3 Å². The third-order valence-corrected chi connectivity index (χ3v) is 4.81. The summed E-state index contributed by atoms with van der Waals surface area (Å²) >= 11 is 0. The Morgan fingerprint density at radius 1 is 1.28 bits per heavy atom. The van der Waals surface area contributed by atoms with Gasteiger partial charge in [-0.25, -0.2) is 0 Å². The third kappa shape index (κ3) is 5.68. The van der Waals surface area contributed by atoms with Gasteiger partial charge < -0.3 is 19.7 Å². The summed E-state index contributed by atoms with van der Waals surface area (Å²) in [6.07, 6.45) is 1.89. The number of hydrogen-bond acceptors (Lipinski definition) is 6. The van der Waals surface area contributed by atoms with Gasteiger partial charge in [0.1, 0.15) is 12.4 Å². The first-order valence-electron chi connectivity index (χ1n) is 9.81. The first-order chi connectivity index (χ1) is 13.6. The zero-order valence-corrected chi connectivity index (χ0v) is 18.1. The average molecular weight is 424 g/mol. The molecular formula is C20H30ClN5O3. The number of rotatable bonds is 9. The topological polar surface area (TPSA) is 81.5 Å². The highest BCUT2D eigenvalue weighted by Gasteiger charge is 2.29. The summed E-state index contributed by atoms with van der Waals surface area (Å²) in [5, 5.41) is 12.3. The number of benzene rings is 1. The number of nitrogens with zero attached hydrogens (tertiary/aromatic N) is 4. The Morgan fingerprint density at radius 3 is 2.66 bits per heavy atom. The van der Waals surface area contributed by atoms with Crippen LogP contribution in [-0.4, -0.2) is 71.8 Å². The molecule has 0 spiro atoms. The van der Waals surface area contributed by atoms with Gasteiger partial charge in [0.2, 0.25) is 0 Å². The molecule has 1 N–H and O–H groups in total. The normalized spacial score (nSPS) is 15.8. The second-order valence-corrected chi connectivity index (χ2v) is 6.90. The highest BCUT2D eigenvalue weighted by molar-refractivity contribution is 5.93. The molecule has 3 rings (SSSR count). The molecule has 0 aliphatic carbocycles. The third-order valence-electron chi connectivity index (χ3n) is 4.81. The van der Waals surface area contributed by atoms with Gasteiger partial charge >= 0.3 is 0 Å². The minimum atomic E-state index is -0.0428. The van der Waals surface area contributed by atoms with Crippen molar-refractivity contribution in [3.63, 3.8) is 0 Å². The smallest absolute Gasteiger partial charge is 0.276 e. The van der Waals surface area contributed by atoms with E-state index in [9.17, 15) is 4.79 Å². The van der Waals surface area contributed by atoms with Crippen LogP contribution in [-0.2, 0) is 4.74 Å². The van der Waals surface area contributed by atoms with Crippen LogP contribution >= 0.6 is 12.4 Å². The predicted octanol–water partition coefficient (Wildman–Crippen LogP) is 2.24. The lowest BCUT2D eigenvalue weighted by molar-refractivity contribution is 0.0685. The van der Waals surface area contributed by atoms with Crippen LogP contribution in [0.25, 0.3) is 5.69 Å². The van der Waals surface area contributed by atoms with Gasteiger partial charge in [-0.1, -0.05) is 6.92 Å². The van der Waals surface area contributed by atoms with E-state index in [4.69, 9.17) is 9.47 Å². The van der Waals surface area contributed by atoms with Crippen molar-refractivity contribution in [2.24, 2.45) is 0 Å². The van der Waals surface area contributed by atoms with Gasteiger partial charge in [-0.2, -0.15) is 9.90 Å². The fourth-order valence-corrected chi connectivity index (χ4v) is 3.34. The zero-order chi connectivity index (χ0) is 19.9. The number of nitrogens with one attached hydrogen (secondary N) is 1. The van der Waals surface area contributed by atoms with Gasteiger partial charge in [0, 0.05) is 26.2 Å². The molecule has 9 heteroatoms. The van der Waals surface area contributed by atoms with Gasteiger partial charge in [0.25, 0.3) is 5.91 Å². The Bertz CT molecular complexity index is 775. The van der Waals surface area contributed by atoms with Crippen LogP contribution in [0.4, 0.5) is 0 Å². The molecule has 8 nitrogen and oxygen atoms in total. The van der Waals surface area contributed by atoms with Crippen molar-refractivity contribution < 1.29 is 14.3 Å². The number of methoxy groups -OCH3 is 1. The molecule has 0 bridgehead atoms. The lowest BCUT2D eigenvalue weighted by Gasteiger charge is -2.27. The average Bonchev–Trinajstić information content (AvgIpc) is 3.36. The van der Waals surface area contributed by atoms with E-state index in [-0.39, 0.29) is 24.4 Å². The molecule has 160 valence electrons. The van der Waals surface area contributed by atoms with E-state index in [0.29, 0.717) is 24.6 Å². The number of hydrogen-bond donors (Lipinski definition) is 1. The Kier molecular flexibility index (Phi) is 8.88. The van der Waals surface area contributed by atoms with Gasteiger partial charge in [-0.15, -0.1) is 17.5 Å². The van der Waals surface area contributed by atoms with E-state index in [0.717, 1.165) is 43.9 Å². The highest BCUT2D eigenvalue weighted by atomic mass is 35.5. The molecule has 0 radical (unpaired) electrons. The summed E-state index contributed by atoms with van der Waals surface area (Å²) in [4.78, 5) is 16.6. The molecule has 2 aromatic rings. The molecule has 1 unspecified atom stereocenters. The predicted molar refractivity (Wildman–Crippen MR) is 113 cm³/mol. The van der Waals surface area contributed by atoms with Crippen LogP contribution in [0, 0.1) is 6.92 Å². The molecule has 1 amide bonds. The molecule has 0 saturated carbocycles. The molecule has 2 heterocycles. The van der Waals surface area contributed by atoms with Gasteiger partial charge in [-0.05, 0) is 50.6 Å². The fourth-order valence-electron chi connectivity index (χ4n) is 3.34. The largest absolute Gasteiger partial charge is 0.491 e. The molecular weight excluding hydrogens is 394 g/mol. The van der Waals surface area contributed by atoms with Gasteiger partial charge in [-0.3, -0.25) is 4.79 Å². The Balaban J connectivity index is 0.00000300. The molecule has 1 atom stereocenters. The summed E-state index contributed by atoms with van der Waals surface area (Å²) in [5.41, 5.74) is 1.84. The lowest BCUT2D eigenvalue weighted by atomic mass is 10.2. The van der Waals surface area contributed by atoms with E-state index >= 15 is 0 Å². The minimum absolute atomic E-state index is 0. The maximum Gasteiger partial charge on any atom is 0.276 e. The summed E-state index contributed by atoms with van der Waals surface area (Å²) in [7, 11) is 1.64. The maximum absolute atomic E-state index is 13.1. The number of halogens is 1. The Morgan fingerprint density at radius 2 is 2.03 bits per heavy atom. The SMILES string of the molecule is CCCN(C(=O)c1nn(-c2ccc(OCCOC)cc2)nc1C)C1CCNC1.Cl. The summed E-state index contributed by atoms with van der Waals surface area (Å²) < 4.78 is 10.6. The molecule has 1 aliphatic rings. The molecule has 29 heavy (non-hydrogen) atoms. The van der Waals surface area contributed by atoms with Crippen molar-refractivity contribution in [3.8, 4) is 11.4 Å². The number of carbonyl (C=O) groups excluding carboxylic acids is 1. The van der Waals surface area contributed by atoms with E-state index in [2.05, 4.69) is 22.4 Å². The van der Waals surface area contributed by atoms with Crippen LogP contribution < -0.4 is 10.1 Å². The molecule has 1 aromatic carbocycles. The Hall–Kier alpha value is -2.16. The van der Waals surface area contributed by atoms with E-state index < -0.39 is 0 Å². The number of amides is 1. The summed E-state index contributed by atoms with van der Waals surface area (Å²) in [5.74, 6) is 0.711. The van der Waals surface area contributed by atoms with Crippen molar-refractivity contribution in [2.75, 3.05) is 40.0 Å². The van der Waals surface area contributed by atoms with E-state index in [1.165, 1.54) is 4.80 Å². The van der Waals surface area contributed by atoms with Crippen LogP contribution in [0.15, 0.2) is 24.3 Å². The van der Waals surface area contributed by atoms with Gasteiger partial charge in [0.05, 0.1) is 18.0 Å². The molecule has 1 saturated heterocycles. The number of carbonyl (C=O) groups is 1. The van der Waals surface area contributed by atoms with Crippen molar-refractivity contribution in [1.82, 2.24) is 25.2 Å². The quantitative estimate of drug-likeness (QED) is 0.623. The van der Waals surface area contributed by atoms with Gasteiger partial charge in [0.15, 0.2) is 5.69 Å². The molecule has 1 aromatic heterocycles. The van der Waals surface area contributed by atoms with Crippen molar-refractivity contribution in [3.05, 3.63) is 35.7 Å². The minimum Gasteiger partial charge on any atom is -0.491 e. The first kappa shape index (κ1) is 23.1. The second kappa shape index (κ2) is 11.1. The lowest BCUT2D eigenvalue weighted by Crippen LogP contribution is -2.42. The molecule has 1 fully saturated rings. The van der Waals surface area contributed by atoms with Crippen LogP contribution in [0.2, 0.25) is 0 Å². The fraction of sp³-hybridized carbons (Fsp3) is 0.550. The van der Waals surface area contributed by atoms with E-state index in [1.54, 1.807) is 7.11 Å². The number of aromatic nitrogens is 3. The monoisotopic (exact) mass is 423 g/mol. The standard InChI is InChI=1S/C20H29N5O3.ClH/c1-4-11-24(17-9-10-21-14-17)20(26)19-15(2)22-25(23-19)16-5-7-18(8-6-16)28-13-12-27-3;/h5-8,17,21H,4,9-14H2,1-3H3;1H. The maximum atomic E-state index is 13.1. The Labute approximate surface area is 178 Å². The van der Waals surface area contributed by atoms with Crippen LogP contribution in [0.1, 0.15) is 35.9 Å². The zero-order valence-electron chi connectivity index (χ0n) is 17.3. The second-order valence-electron chi connectivity index (χ2n) is 6.90. The number of ether oxygens (including phenoxy) is 2. The number of aryl methyl sites for hydroxylation is 1. The summed E-state index contributed by atoms with van der Waals surface area (Å²) in [6.45, 7) is 7.46.